The van der Waals surface area contributed by atoms with Gasteiger partial charge in [0.2, 0.25) is 0 Å². The van der Waals surface area contributed by atoms with E-state index in [2.05, 4.69) is 53.1 Å². The van der Waals surface area contributed by atoms with Gasteiger partial charge in [-0.05, 0) is 72.5 Å². The summed E-state index contributed by atoms with van der Waals surface area (Å²) < 4.78 is 7.38. The van der Waals surface area contributed by atoms with E-state index in [-0.39, 0.29) is 11.3 Å². The molecule has 3 rings (SSSR count). The van der Waals surface area contributed by atoms with Crippen LogP contribution in [0.25, 0.3) is 0 Å². The fourth-order valence-corrected chi connectivity index (χ4v) is 5.46. The fourth-order valence-electron chi connectivity index (χ4n) is 3.02. The van der Waals surface area contributed by atoms with Gasteiger partial charge in [-0.15, -0.1) is 0 Å². The quantitative estimate of drug-likeness (QED) is 0.538. The Bertz CT molecular complexity index is 790. The minimum Gasteiger partial charge on any atom is -0.506 e. The number of aromatic hydroxyl groups is 1. The van der Waals surface area contributed by atoms with Crippen LogP contribution in [0.15, 0.2) is 49.8 Å². The van der Waals surface area contributed by atoms with Crippen molar-refractivity contribution in [2.45, 2.75) is 18.4 Å². The molecule has 2 aromatic carbocycles. The third-order valence-corrected chi connectivity index (χ3v) is 6.35. The summed E-state index contributed by atoms with van der Waals surface area (Å²) in [5, 5.41) is 13.4. The molecule has 2 aromatic rings. The van der Waals surface area contributed by atoms with E-state index in [1.807, 2.05) is 30.3 Å². The van der Waals surface area contributed by atoms with Gasteiger partial charge >= 0.3 is 5.97 Å². The van der Waals surface area contributed by atoms with Gasteiger partial charge in [0.05, 0.1) is 14.5 Å². The van der Waals surface area contributed by atoms with Crippen LogP contribution in [0.3, 0.4) is 0 Å². The van der Waals surface area contributed by atoms with Crippen LogP contribution in [0.5, 0.6) is 5.75 Å². The Morgan fingerprint density at radius 2 is 1.72 bits per heavy atom. The number of phenolic OH excluding ortho intramolecular Hbond substituents is 1. The van der Waals surface area contributed by atoms with E-state index in [9.17, 15) is 9.90 Å². The summed E-state index contributed by atoms with van der Waals surface area (Å²) >= 11 is 9.94. The van der Waals surface area contributed by atoms with Gasteiger partial charge in [0, 0.05) is 17.3 Å². The lowest BCUT2D eigenvalue weighted by molar-refractivity contribution is -0.0380. The first-order chi connectivity index (χ1) is 11.9. The Kier molecular flexibility index (Phi) is 5.88. The van der Waals surface area contributed by atoms with Crippen molar-refractivity contribution in [3.05, 3.63) is 60.9 Å². The molecular weight excluding hydrogens is 518 g/mol. The number of phenols is 1. The summed E-state index contributed by atoms with van der Waals surface area (Å²) in [6.45, 7) is 1.55. The van der Waals surface area contributed by atoms with Crippen molar-refractivity contribution in [2.75, 3.05) is 13.1 Å². The second kappa shape index (κ2) is 7.78. The van der Waals surface area contributed by atoms with Crippen molar-refractivity contribution >= 4 is 53.8 Å². The van der Waals surface area contributed by atoms with Gasteiger partial charge in [0.15, 0.2) is 0 Å². The van der Waals surface area contributed by atoms with E-state index in [0.717, 1.165) is 18.7 Å². The maximum Gasteiger partial charge on any atom is 0.341 e. The second-order valence-electron chi connectivity index (χ2n) is 5.88. The fraction of sp³-hybridized carbons (Fsp3) is 0.278. The summed E-state index contributed by atoms with van der Waals surface area (Å²) in [5.74, 6) is -0.512. The molecule has 0 aromatic heterocycles. The smallest absolute Gasteiger partial charge is 0.341 e. The molecular formula is C18H16Br3NO3. The number of carbonyl (C=O) groups excluding carboxylic acids is 1. The minimum atomic E-state index is -0.675. The Hall–Kier alpha value is -0.890. The number of piperidine rings is 1. The van der Waals surface area contributed by atoms with Gasteiger partial charge < -0.3 is 15.2 Å². The lowest BCUT2D eigenvalue weighted by Gasteiger charge is -2.37. The van der Waals surface area contributed by atoms with E-state index in [0.29, 0.717) is 26.3 Å². The summed E-state index contributed by atoms with van der Waals surface area (Å²) in [6, 6.07) is 11.5. The first kappa shape index (κ1) is 18.9. The van der Waals surface area contributed by atoms with E-state index in [1.54, 1.807) is 6.07 Å². The van der Waals surface area contributed by atoms with Crippen LogP contribution >= 0.6 is 47.8 Å². The number of hydrogen-bond donors (Lipinski definition) is 2. The van der Waals surface area contributed by atoms with Gasteiger partial charge in [0.25, 0.3) is 0 Å². The number of carbonyl (C=O) groups is 1. The molecule has 1 aliphatic heterocycles. The van der Waals surface area contributed by atoms with Crippen molar-refractivity contribution < 1.29 is 14.6 Å². The van der Waals surface area contributed by atoms with Crippen molar-refractivity contribution in [3.8, 4) is 5.75 Å². The number of halogens is 3. The van der Waals surface area contributed by atoms with E-state index in [4.69, 9.17) is 4.74 Å². The molecule has 132 valence electrons. The monoisotopic (exact) mass is 531 g/mol. The van der Waals surface area contributed by atoms with Gasteiger partial charge in [-0.25, -0.2) is 4.79 Å². The van der Waals surface area contributed by atoms with Crippen LogP contribution < -0.4 is 5.32 Å². The molecule has 0 spiro atoms. The van der Waals surface area contributed by atoms with Crippen molar-refractivity contribution in [3.63, 3.8) is 0 Å². The molecule has 0 aliphatic carbocycles. The Labute approximate surface area is 171 Å². The average molecular weight is 534 g/mol. The molecule has 1 saturated heterocycles. The van der Waals surface area contributed by atoms with Gasteiger partial charge in [0.1, 0.15) is 11.4 Å². The summed E-state index contributed by atoms with van der Waals surface area (Å²) in [4.78, 5) is 13.0. The molecule has 7 heteroatoms. The molecule has 1 fully saturated rings. The van der Waals surface area contributed by atoms with Gasteiger partial charge in [-0.1, -0.05) is 30.3 Å². The number of rotatable bonds is 3. The maximum absolute atomic E-state index is 13.0. The third-order valence-electron chi connectivity index (χ3n) is 4.35. The Morgan fingerprint density at radius 1 is 1.08 bits per heavy atom. The molecule has 4 nitrogen and oxygen atoms in total. The van der Waals surface area contributed by atoms with Crippen LogP contribution in [0.4, 0.5) is 0 Å². The largest absolute Gasteiger partial charge is 0.506 e. The number of nitrogens with one attached hydrogen (secondary N) is 1. The molecule has 0 bridgehead atoms. The first-order valence-electron chi connectivity index (χ1n) is 7.81. The Morgan fingerprint density at radius 3 is 2.36 bits per heavy atom. The van der Waals surface area contributed by atoms with Crippen LogP contribution in [0.2, 0.25) is 0 Å². The topological polar surface area (TPSA) is 58.6 Å². The van der Waals surface area contributed by atoms with Gasteiger partial charge in [-0.2, -0.15) is 0 Å². The van der Waals surface area contributed by atoms with E-state index in [1.165, 1.54) is 0 Å². The van der Waals surface area contributed by atoms with E-state index >= 15 is 0 Å². The van der Waals surface area contributed by atoms with Crippen molar-refractivity contribution in [2.24, 2.45) is 0 Å². The zero-order chi connectivity index (χ0) is 18.0. The number of ether oxygens (including phenoxy) is 1. The molecule has 25 heavy (non-hydrogen) atoms. The van der Waals surface area contributed by atoms with Crippen LogP contribution in [-0.4, -0.2) is 24.2 Å². The third kappa shape index (κ3) is 3.79. The highest BCUT2D eigenvalue weighted by Gasteiger charge is 2.39. The molecule has 0 saturated carbocycles. The van der Waals surface area contributed by atoms with Crippen LogP contribution in [0.1, 0.15) is 28.8 Å². The van der Waals surface area contributed by atoms with Crippen LogP contribution in [-0.2, 0) is 10.3 Å². The molecule has 0 unspecified atom stereocenters. The van der Waals surface area contributed by atoms with E-state index < -0.39 is 11.6 Å². The highest BCUT2D eigenvalue weighted by molar-refractivity contribution is 9.11. The molecule has 0 atom stereocenters. The highest BCUT2D eigenvalue weighted by Crippen LogP contribution is 2.42. The number of esters is 1. The van der Waals surface area contributed by atoms with Crippen molar-refractivity contribution in [1.29, 1.82) is 0 Å². The van der Waals surface area contributed by atoms with Crippen molar-refractivity contribution in [1.82, 2.24) is 5.32 Å². The zero-order valence-electron chi connectivity index (χ0n) is 13.2. The lowest BCUT2D eigenvalue weighted by Crippen LogP contribution is -2.43. The molecule has 1 heterocycles. The maximum atomic E-state index is 13.0. The normalized spacial score (nSPS) is 16.4. The molecule has 0 amide bonds. The minimum absolute atomic E-state index is 0.0331. The highest BCUT2D eigenvalue weighted by atomic mass is 79.9. The number of hydrogen-bond acceptors (Lipinski definition) is 4. The Balaban J connectivity index is 1.99. The molecule has 1 aliphatic rings. The number of benzene rings is 2. The molecule has 2 N–H and O–H groups in total. The molecule has 0 radical (unpaired) electrons. The van der Waals surface area contributed by atoms with Crippen LogP contribution in [0, 0.1) is 0 Å². The summed E-state index contributed by atoms with van der Waals surface area (Å²) in [6.07, 6.45) is 1.39. The predicted octanol–water partition coefficient (Wildman–Crippen LogP) is 5.12. The van der Waals surface area contributed by atoms with Gasteiger partial charge in [-0.3, -0.25) is 0 Å². The SMILES string of the molecule is O=C(OC1(c2ccccc2)CCNCC1)c1c(Br)cc(Br)c(O)c1Br. The predicted molar refractivity (Wildman–Crippen MR) is 107 cm³/mol. The standard InChI is InChI=1S/C18H16Br3NO3/c19-12-10-13(20)16(23)15(21)14(12)17(24)25-18(6-8-22-9-7-18)11-4-2-1-3-5-11/h1-5,10,22-23H,6-9H2. The summed E-state index contributed by atoms with van der Waals surface area (Å²) in [7, 11) is 0. The average Bonchev–Trinajstić information content (AvgIpc) is 2.61. The lowest BCUT2D eigenvalue weighted by atomic mass is 9.84. The second-order valence-corrected chi connectivity index (χ2v) is 8.38. The first-order valence-corrected chi connectivity index (χ1v) is 10.2. The zero-order valence-corrected chi connectivity index (χ0v) is 17.9. The summed E-state index contributed by atoms with van der Waals surface area (Å²) in [5.41, 5.74) is 0.582.